The summed E-state index contributed by atoms with van der Waals surface area (Å²) in [5.41, 5.74) is 5.49. The standard InChI is InChI=1S/C13H18N2O3/c14-8-9-4-5-12(18-9)13(16)15-6-7-17-11-3-1-2-10(11)15/h4-5,10-11H,1-3,6-8,14H2. The van der Waals surface area contributed by atoms with Gasteiger partial charge in [-0.25, -0.2) is 0 Å². The van der Waals surface area contributed by atoms with Crippen LogP contribution in [0, 0.1) is 0 Å². The molecule has 18 heavy (non-hydrogen) atoms. The van der Waals surface area contributed by atoms with E-state index in [4.69, 9.17) is 14.9 Å². The molecule has 2 atom stereocenters. The molecule has 98 valence electrons. The number of rotatable bonds is 2. The van der Waals surface area contributed by atoms with Crippen molar-refractivity contribution < 1.29 is 13.9 Å². The maximum absolute atomic E-state index is 12.4. The minimum absolute atomic E-state index is 0.0325. The van der Waals surface area contributed by atoms with E-state index in [0.717, 1.165) is 19.3 Å². The molecule has 2 heterocycles. The molecule has 2 aliphatic rings. The predicted octanol–water partition coefficient (Wildman–Crippen LogP) is 1.13. The second-order valence-electron chi connectivity index (χ2n) is 4.88. The maximum atomic E-state index is 12.4. The Labute approximate surface area is 106 Å². The molecule has 2 unspecified atom stereocenters. The molecule has 1 saturated carbocycles. The summed E-state index contributed by atoms with van der Waals surface area (Å²) < 4.78 is 11.1. The molecule has 2 fully saturated rings. The van der Waals surface area contributed by atoms with Gasteiger partial charge in [-0.1, -0.05) is 0 Å². The van der Waals surface area contributed by atoms with E-state index in [-0.39, 0.29) is 18.1 Å². The van der Waals surface area contributed by atoms with Crippen molar-refractivity contribution in [3.63, 3.8) is 0 Å². The zero-order valence-electron chi connectivity index (χ0n) is 10.3. The highest BCUT2D eigenvalue weighted by Gasteiger charge is 2.39. The normalized spacial score (nSPS) is 27.3. The molecule has 3 rings (SSSR count). The van der Waals surface area contributed by atoms with Crippen molar-refractivity contribution in [2.45, 2.75) is 38.0 Å². The molecule has 1 aliphatic carbocycles. The monoisotopic (exact) mass is 250 g/mol. The summed E-state index contributed by atoms with van der Waals surface area (Å²) in [5.74, 6) is 1.01. The van der Waals surface area contributed by atoms with Gasteiger partial charge in [0.05, 0.1) is 25.3 Å². The molecule has 0 aromatic carbocycles. The summed E-state index contributed by atoms with van der Waals surface area (Å²) in [5, 5.41) is 0. The molecular formula is C13H18N2O3. The number of morpholine rings is 1. The van der Waals surface area contributed by atoms with Gasteiger partial charge in [-0.05, 0) is 31.4 Å². The van der Waals surface area contributed by atoms with Crippen LogP contribution >= 0.6 is 0 Å². The number of amides is 1. The molecule has 0 bridgehead atoms. The molecule has 1 amide bonds. The number of nitrogens with zero attached hydrogens (tertiary/aromatic N) is 1. The van der Waals surface area contributed by atoms with Crippen molar-refractivity contribution in [3.05, 3.63) is 23.7 Å². The first-order valence-corrected chi connectivity index (χ1v) is 6.51. The molecule has 1 saturated heterocycles. The highest BCUT2D eigenvalue weighted by Crippen LogP contribution is 2.30. The lowest BCUT2D eigenvalue weighted by Crippen LogP contribution is -2.51. The van der Waals surface area contributed by atoms with Gasteiger partial charge in [-0.15, -0.1) is 0 Å². The molecule has 0 radical (unpaired) electrons. The maximum Gasteiger partial charge on any atom is 0.289 e. The van der Waals surface area contributed by atoms with Crippen LogP contribution in [0.3, 0.4) is 0 Å². The summed E-state index contributed by atoms with van der Waals surface area (Å²) >= 11 is 0. The van der Waals surface area contributed by atoms with Crippen LogP contribution < -0.4 is 5.73 Å². The predicted molar refractivity (Wildman–Crippen MR) is 65.0 cm³/mol. The van der Waals surface area contributed by atoms with Crippen LogP contribution in [0.5, 0.6) is 0 Å². The molecule has 1 aromatic heterocycles. The Bertz CT molecular complexity index is 443. The van der Waals surface area contributed by atoms with Crippen molar-refractivity contribution >= 4 is 5.91 Å². The molecule has 5 nitrogen and oxygen atoms in total. The van der Waals surface area contributed by atoms with Crippen molar-refractivity contribution in [2.24, 2.45) is 5.73 Å². The zero-order chi connectivity index (χ0) is 12.5. The minimum atomic E-state index is -0.0325. The van der Waals surface area contributed by atoms with E-state index in [1.54, 1.807) is 12.1 Å². The van der Waals surface area contributed by atoms with Crippen LogP contribution in [-0.2, 0) is 11.3 Å². The van der Waals surface area contributed by atoms with Gasteiger partial charge >= 0.3 is 0 Å². The summed E-state index contributed by atoms with van der Waals surface area (Å²) in [6.07, 6.45) is 3.43. The van der Waals surface area contributed by atoms with E-state index < -0.39 is 0 Å². The third-order valence-corrected chi connectivity index (χ3v) is 3.82. The lowest BCUT2D eigenvalue weighted by atomic mass is 10.1. The fraction of sp³-hybridized carbons (Fsp3) is 0.615. The van der Waals surface area contributed by atoms with Crippen LogP contribution in [0.25, 0.3) is 0 Å². The molecule has 1 aliphatic heterocycles. The van der Waals surface area contributed by atoms with Crippen molar-refractivity contribution in [3.8, 4) is 0 Å². The number of furan rings is 1. The minimum Gasteiger partial charge on any atom is -0.455 e. The summed E-state index contributed by atoms with van der Waals surface area (Å²) in [7, 11) is 0. The number of hydrogen-bond acceptors (Lipinski definition) is 4. The second kappa shape index (κ2) is 4.74. The highest BCUT2D eigenvalue weighted by atomic mass is 16.5. The van der Waals surface area contributed by atoms with Crippen LogP contribution in [0.1, 0.15) is 35.6 Å². The highest BCUT2D eigenvalue weighted by molar-refractivity contribution is 5.92. The zero-order valence-corrected chi connectivity index (χ0v) is 10.3. The molecule has 5 heteroatoms. The Balaban J connectivity index is 1.78. The van der Waals surface area contributed by atoms with Gasteiger partial charge < -0.3 is 19.8 Å². The fourth-order valence-corrected chi connectivity index (χ4v) is 2.92. The number of fused-ring (bicyclic) bond motifs is 1. The Morgan fingerprint density at radius 2 is 2.33 bits per heavy atom. The SMILES string of the molecule is NCc1ccc(C(=O)N2CCOC3CCCC32)o1. The topological polar surface area (TPSA) is 68.7 Å². The quantitative estimate of drug-likeness (QED) is 0.854. The van der Waals surface area contributed by atoms with Gasteiger partial charge in [0.2, 0.25) is 0 Å². The van der Waals surface area contributed by atoms with E-state index in [1.165, 1.54) is 0 Å². The molecule has 1 aromatic rings. The lowest BCUT2D eigenvalue weighted by Gasteiger charge is -2.37. The van der Waals surface area contributed by atoms with Gasteiger partial charge in [0.1, 0.15) is 5.76 Å². The average Bonchev–Trinajstić information content (AvgIpc) is 3.05. The molecule has 2 N–H and O–H groups in total. The van der Waals surface area contributed by atoms with Gasteiger partial charge in [-0.3, -0.25) is 4.79 Å². The van der Waals surface area contributed by atoms with E-state index >= 15 is 0 Å². The number of nitrogens with two attached hydrogens (primary N) is 1. The number of carbonyl (C=O) groups is 1. The number of ether oxygens (including phenoxy) is 1. The first-order chi connectivity index (χ1) is 8.79. The Kier molecular flexibility index (Phi) is 3.09. The largest absolute Gasteiger partial charge is 0.455 e. The van der Waals surface area contributed by atoms with Gasteiger partial charge in [0.25, 0.3) is 5.91 Å². The van der Waals surface area contributed by atoms with Crippen LogP contribution in [0.2, 0.25) is 0 Å². The Hall–Kier alpha value is -1.33. The van der Waals surface area contributed by atoms with Crippen molar-refractivity contribution in [2.75, 3.05) is 13.2 Å². The van der Waals surface area contributed by atoms with Crippen LogP contribution in [0.15, 0.2) is 16.5 Å². The average molecular weight is 250 g/mol. The lowest BCUT2D eigenvalue weighted by molar-refractivity contribution is -0.0454. The third kappa shape index (κ3) is 1.93. The number of carbonyl (C=O) groups excluding carboxylic acids is 1. The van der Waals surface area contributed by atoms with E-state index in [1.807, 2.05) is 4.90 Å². The van der Waals surface area contributed by atoms with E-state index in [2.05, 4.69) is 0 Å². The van der Waals surface area contributed by atoms with E-state index in [0.29, 0.717) is 31.2 Å². The molecule has 0 spiro atoms. The summed E-state index contributed by atoms with van der Waals surface area (Å²) in [6, 6.07) is 3.70. The Morgan fingerprint density at radius 1 is 1.44 bits per heavy atom. The summed E-state index contributed by atoms with van der Waals surface area (Å²) in [4.78, 5) is 14.3. The van der Waals surface area contributed by atoms with Crippen molar-refractivity contribution in [1.29, 1.82) is 0 Å². The van der Waals surface area contributed by atoms with Gasteiger partial charge in [0, 0.05) is 6.54 Å². The first kappa shape index (κ1) is 11.7. The summed E-state index contributed by atoms with van der Waals surface area (Å²) in [6.45, 7) is 1.60. The van der Waals surface area contributed by atoms with Gasteiger partial charge in [-0.2, -0.15) is 0 Å². The first-order valence-electron chi connectivity index (χ1n) is 6.51. The third-order valence-electron chi connectivity index (χ3n) is 3.82. The smallest absolute Gasteiger partial charge is 0.289 e. The van der Waals surface area contributed by atoms with Crippen molar-refractivity contribution in [1.82, 2.24) is 4.90 Å². The fourth-order valence-electron chi connectivity index (χ4n) is 2.92. The van der Waals surface area contributed by atoms with Crippen LogP contribution in [0.4, 0.5) is 0 Å². The van der Waals surface area contributed by atoms with Crippen LogP contribution in [-0.4, -0.2) is 36.1 Å². The second-order valence-corrected chi connectivity index (χ2v) is 4.88. The van der Waals surface area contributed by atoms with Gasteiger partial charge in [0.15, 0.2) is 5.76 Å². The molecular weight excluding hydrogens is 232 g/mol. The van der Waals surface area contributed by atoms with E-state index in [9.17, 15) is 4.79 Å². The Morgan fingerprint density at radius 3 is 3.11 bits per heavy atom. The number of hydrogen-bond donors (Lipinski definition) is 1.